The molecule has 5 rings (SSSR count). The first kappa shape index (κ1) is 12.4. The Kier molecular flexibility index (Phi) is 2.52. The molecule has 2 atom stereocenters. The fourth-order valence-electron chi connectivity index (χ4n) is 4.99. The summed E-state index contributed by atoms with van der Waals surface area (Å²) in [6.45, 7) is 0. The maximum absolute atomic E-state index is 12.3. The van der Waals surface area contributed by atoms with Crippen molar-refractivity contribution in [2.45, 2.75) is 43.7 Å². The van der Waals surface area contributed by atoms with Crippen LogP contribution in [0.5, 0.6) is 0 Å². The minimum Gasteiger partial charge on any atom is -0.390 e. The second kappa shape index (κ2) is 4.07. The lowest BCUT2D eigenvalue weighted by Crippen LogP contribution is -2.61. The van der Waals surface area contributed by atoms with Gasteiger partial charge in [0.25, 0.3) is 5.91 Å². The number of carbonyl (C=O) groups is 1. The molecule has 0 aromatic carbocycles. The van der Waals surface area contributed by atoms with Gasteiger partial charge in [0.2, 0.25) is 0 Å². The van der Waals surface area contributed by atoms with Crippen molar-refractivity contribution in [3.8, 4) is 0 Å². The van der Waals surface area contributed by atoms with Crippen LogP contribution in [-0.2, 0) is 7.05 Å². The van der Waals surface area contributed by atoms with Crippen LogP contribution >= 0.6 is 0 Å². The van der Waals surface area contributed by atoms with E-state index in [9.17, 15) is 9.90 Å². The molecule has 5 nitrogen and oxygen atoms in total. The molecule has 0 radical (unpaired) electrons. The van der Waals surface area contributed by atoms with Crippen molar-refractivity contribution in [2.75, 3.05) is 0 Å². The second-order valence-electron chi connectivity index (χ2n) is 7.10. The molecule has 0 aliphatic heterocycles. The van der Waals surface area contributed by atoms with Crippen LogP contribution in [0.1, 0.15) is 42.5 Å². The molecule has 1 heterocycles. The maximum Gasteiger partial charge on any atom is 0.254 e. The molecular weight excluding hydrogens is 254 g/mol. The average Bonchev–Trinajstić information content (AvgIpc) is 2.78. The van der Waals surface area contributed by atoms with Gasteiger partial charge in [-0.25, -0.2) is 0 Å². The van der Waals surface area contributed by atoms with Crippen LogP contribution in [0.2, 0.25) is 0 Å². The van der Waals surface area contributed by atoms with E-state index >= 15 is 0 Å². The van der Waals surface area contributed by atoms with Crippen molar-refractivity contribution >= 4 is 5.91 Å². The zero-order valence-electron chi connectivity index (χ0n) is 11.7. The van der Waals surface area contributed by atoms with Gasteiger partial charge < -0.3 is 10.4 Å². The monoisotopic (exact) mass is 275 g/mol. The summed E-state index contributed by atoms with van der Waals surface area (Å²) in [5.41, 5.74) is 0.187. The number of aryl methyl sites for hydroxylation is 1. The summed E-state index contributed by atoms with van der Waals surface area (Å²) in [6.07, 6.45) is 8.38. The Morgan fingerprint density at radius 1 is 1.40 bits per heavy atom. The van der Waals surface area contributed by atoms with Crippen LogP contribution in [0.4, 0.5) is 0 Å². The van der Waals surface area contributed by atoms with Gasteiger partial charge in [0.15, 0.2) is 0 Å². The molecule has 0 spiro atoms. The Morgan fingerprint density at radius 3 is 2.65 bits per heavy atom. The van der Waals surface area contributed by atoms with Crippen molar-refractivity contribution in [2.24, 2.45) is 24.8 Å². The highest BCUT2D eigenvalue weighted by atomic mass is 16.3. The standard InChI is InChI=1S/C15H21N3O2/c1-18-8-12(7-16-18)14(19)17-13-10-2-9-3-11(13)6-15(20,4-9)5-10/h7-11,13,20H,2-6H2,1H3,(H,17,19). The van der Waals surface area contributed by atoms with Gasteiger partial charge in [-0.2, -0.15) is 5.10 Å². The van der Waals surface area contributed by atoms with Gasteiger partial charge >= 0.3 is 0 Å². The van der Waals surface area contributed by atoms with E-state index in [1.807, 2.05) is 7.05 Å². The van der Waals surface area contributed by atoms with Crippen molar-refractivity contribution in [3.05, 3.63) is 18.0 Å². The van der Waals surface area contributed by atoms with E-state index in [0.29, 0.717) is 23.3 Å². The number of aromatic nitrogens is 2. The lowest BCUT2D eigenvalue weighted by Gasteiger charge is -2.58. The van der Waals surface area contributed by atoms with Crippen LogP contribution in [0.25, 0.3) is 0 Å². The molecule has 4 bridgehead atoms. The van der Waals surface area contributed by atoms with Gasteiger partial charge in [-0.3, -0.25) is 9.48 Å². The van der Waals surface area contributed by atoms with Crippen LogP contribution in [0, 0.1) is 17.8 Å². The highest BCUT2D eigenvalue weighted by molar-refractivity contribution is 5.93. The number of hydrogen-bond acceptors (Lipinski definition) is 3. The molecule has 1 aromatic rings. The molecule has 0 saturated heterocycles. The number of amides is 1. The van der Waals surface area contributed by atoms with Gasteiger partial charge in [0.05, 0.1) is 17.4 Å². The number of nitrogens with zero attached hydrogens (tertiary/aromatic N) is 2. The molecule has 4 aliphatic rings. The molecule has 2 N–H and O–H groups in total. The minimum atomic E-state index is -0.438. The first-order valence-electron chi connectivity index (χ1n) is 7.54. The number of hydrogen-bond donors (Lipinski definition) is 2. The molecule has 4 saturated carbocycles. The summed E-state index contributed by atoms with van der Waals surface area (Å²) >= 11 is 0. The van der Waals surface area contributed by atoms with Gasteiger partial charge in [0.1, 0.15) is 0 Å². The summed E-state index contributed by atoms with van der Waals surface area (Å²) in [7, 11) is 1.81. The Bertz CT molecular complexity index is 537. The third-order valence-corrected chi connectivity index (χ3v) is 5.51. The molecule has 2 unspecified atom stereocenters. The molecule has 4 aliphatic carbocycles. The fraction of sp³-hybridized carbons (Fsp3) is 0.733. The minimum absolute atomic E-state index is 0.0254. The molecule has 5 heteroatoms. The van der Waals surface area contributed by atoms with E-state index < -0.39 is 5.60 Å². The van der Waals surface area contributed by atoms with Crippen molar-refractivity contribution < 1.29 is 9.90 Å². The van der Waals surface area contributed by atoms with Crippen LogP contribution in [0.3, 0.4) is 0 Å². The van der Waals surface area contributed by atoms with Gasteiger partial charge in [-0.1, -0.05) is 0 Å². The summed E-state index contributed by atoms with van der Waals surface area (Å²) in [5.74, 6) is 1.55. The predicted molar refractivity (Wildman–Crippen MR) is 73.0 cm³/mol. The van der Waals surface area contributed by atoms with E-state index in [4.69, 9.17) is 0 Å². The fourth-order valence-corrected chi connectivity index (χ4v) is 4.99. The lowest BCUT2D eigenvalue weighted by atomic mass is 9.52. The van der Waals surface area contributed by atoms with Crippen molar-refractivity contribution in [3.63, 3.8) is 0 Å². The van der Waals surface area contributed by atoms with E-state index in [-0.39, 0.29) is 11.9 Å². The first-order chi connectivity index (χ1) is 9.52. The quantitative estimate of drug-likeness (QED) is 0.849. The molecule has 1 aromatic heterocycles. The summed E-state index contributed by atoms with van der Waals surface area (Å²) in [6, 6.07) is 0.236. The number of carbonyl (C=O) groups excluding carboxylic acids is 1. The molecule has 1 amide bonds. The third kappa shape index (κ3) is 1.87. The molecule has 4 fully saturated rings. The smallest absolute Gasteiger partial charge is 0.254 e. The van der Waals surface area contributed by atoms with E-state index in [1.165, 1.54) is 0 Å². The number of aliphatic hydroxyl groups is 1. The van der Waals surface area contributed by atoms with Gasteiger partial charge in [-0.05, 0) is 49.9 Å². The molecule has 20 heavy (non-hydrogen) atoms. The van der Waals surface area contributed by atoms with Crippen LogP contribution < -0.4 is 5.32 Å². The zero-order valence-corrected chi connectivity index (χ0v) is 11.7. The number of nitrogens with one attached hydrogen (secondary N) is 1. The van der Waals surface area contributed by atoms with E-state index in [2.05, 4.69) is 10.4 Å². The topological polar surface area (TPSA) is 67.2 Å². The van der Waals surface area contributed by atoms with Crippen molar-refractivity contribution in [1.29, 1.82) is 0 Å². The average molecular weight is 275 g/mol. The van der Waals surface area contributed by atoms with Gasteiger partial charge in [0, 0.05) is 19.3 Å². The predicted octanol–water partition coefficient (Wildman–Crippen LogP) is 1.09. The summed E-state index contributed by atoms with van der Waals surface area (Å²) < 4.78 is 1.65. The number of rotatable bonds is 2. The molecular formula is C15H21N3O2. The highest BCUT2D eigenvalue weighted by Crippen LogP contribution is 2.55. The van der Waals surface area contributed by atoms with E-state index in [0.717, 1.165) is 32.1 Å². The largest absolute Gasteiger partial charge is 0.390 e. The molecule has 108 valence electrons. The Labute approximate surface area is 118 Å². The van der Waals surface area contributed by atoms with Crippen molar-refractivity contribution in [1.82, 2.24) is 15.1 Å². The Morgan fingerprint density at radius 2 is 2.10 bits per heavy atom. The van der Waals surface area contributed by atoms with Gasteiger partial charge in [-0.15, -0.1) is 0 Å². The van der Waals surface area contributed by atoms with Crippen LogP contribution in [-0.4, -0.2) is 32.4 Å². The zero-order chi connectivity index (χ0) is 13.9. The second-order valence-corrected chi connectivity index (χ2v) is 7.10. The SMILES string of the molecule is Cn1cc(C(=O)NC2C3CC4CC2CC(O)(C4)C3)cn1. The Hall–Kier alpha value is -1.36. The first-order valence-corrected chi connectivity index (χ1v) is 7.54. The normalized spacial score (nSPS) is 41.9. The Balaban J connectivity index is 1.51. The third-order valence-electron chi connectivity index (χ3n) is 5.51. The lowest BCUT2D eigenvalue weighted by molar-refractivity contribution is -0.136. The van der Waals surface area contributed by atoms with Crippen LogP contribution in [0.15, 0.2) is 12.4 Å². The summed E-state index contributed by atoms with van der Waals surface area (Å²) in [5, 5.41) is 17.8. The summed E-state index contributed by atoms with van der Waals surface area (Å²) in [4.78, 5) is 12.3. The van der Waals surface area contributed by atoms with E-state index in [1.54, 1.807) is 17.1 Å². The highest BCUT2D eigenvalue weighted by Gasteiger charge is 2.55. The maximum atomic E-state index is 12.3.